The summed E-state index contributed by atoms with van der Waals surface area (Å²) in [5.41, 5.74) is 0.392. The van der Waals surface area contributed by atoms with Crippen LogP contribution in [0.3, 0.4) is 0 Å². The Morgan fingerprint density at radius 1 is 1.19 bits per heavy atom. The highest BCUT2D eigenvalue weighted by atomic mass is 19.4. The van der Waals surface area contributed by atoms with E-state index < -0.39 is 11.7 Å². The van der Waals surface area contributed by atoms with E-state index in [1.54, 1.807) is 12.1 Å². The molecule has 0 radical (unpaired) electrons. The Morgan fingerprint density at radius 2 is 1.88 bits per heavy atom. The summed E-state index contributed by atoms with van der Waals surface area (Å²) in [5, 5.41) is 3.33. The van der Waals surface area contributed by atoms with Crippen molar-refractivity contribution in [3.05, 3.63) is 35.4 Å². The van der Waals surface area contributed by atoms with Crippen molar-refractivity contribution in [2.45, 2.75) is 31.5 Å². The van der Waals surface area contributed by atoms with E-state index >= 15 is 0 Å². The van der Waals surface area contributed by atoms with Crippen LogP contribution in [0.2, 0.25) is 0 Å². The van der Waals surface area contributed by atoms with Crippen molar-refractivity contribution in [3.63, 3.8) is 0 Å². The maximum atomic E-state index is 12.3. The van der Waals surface area contributed by atoms with Crippen molar-refractivity contribution in [2.75, 3.05) is 6.54 Å². The number of hydrogen-bond donors (Lipinski definition) is 1. The van der Waals surface area contributed by atoms with Crippen molar-refractivity contribution >= 4 is 0 Å². The molecule has 1 aromatic carbocycles. The quantitative estimate of drug-likeness (QED) is 0.822. The number of nitrogens with one attached hydrogen (secondary N) is 1. The van der Waals surface area contributed by atoms with Gasteiger partial charge in [-0.15, -0.1) is 0 Å². The second kappa shape index (κ2) is 4.45. The maximum Gasteiger partial charge on any atom is 0.416 e. The average Bonchev–Trinajstić information content (AvgIpc) is 2.70. The topological polar surface area (TPSA) is 12.0 Å². The fourth-order valence-corrected chi connectivity index (χ4v) is 2.05. The van der Waals surface area contributed by atoms with E-state index in [1.807, 2.05) is 0 Å². The molecule has 4 heteroatoms. The van der Waals surface area contributed by atoms with Gasteiger partial charge in [0.05, 0.1) is 5.56 Å². The van der Waals surface area contributed by atoms with Gasteiger partial charge in [-0.1, -0.05) is 12.1 Å². The minimum Gasteiger partial charge on any atom is -0.314 e. The second-order valence-corrected chi connectivity index (χ2v) is 4.19. The van der Waals surface area contributed by atoms with Crippen LogP contribution < -0.4 is 5.32 Å². The fraction of sp³-hybridized carbons (Fsp3) is 0.500. The SMILES string of the molecule is FC(F)(F)c1ccc(C[C@@H]2CCCN2)cc1. The molecule has 0 amide bonds. The molecule has 2 rings (SSSR count). The third kappa shape index (κ3) is 2.76. The van der Waals surface area contributed by atoms with Crippen LogP contribution in [-0.2, 0) is 12.6 Å². The lowest BCUT2D eigenvalue weighted by molar-refractivity contribution is -0.137. The molecule has 88 valence electrons. The maximum absolute atomic E-state index is 12.3. The number of hydrogen-bond acceptors (Lipinski definition) is 1. The molecule has 16 heavy (non-hydrogen) atoms. The number of alkyl halides is 3. The van der Waals surface area contributed by atoms with E-state index in [4.69, 9.17) is 0 Å². The van der Waals surface area contributed by atoms with Crippen LogP contribution in [0.25, 0.3) is 0 Å². The molecule has 0 saturated carbocycles. The van der Waals surface area contributed by atoms with Gasteiger partial charge in [-0.05, 0) is 43.5 Å². The molecule has 0 aromatic heterocycles. The molecule has 1 nitrogen and oxygen atoms in total. The summed E-state index contributed by atoms with van der Waals surface area (Å²) < 4.78 is 36.9. The van der Waals surface area contributed by atoms with E-state index in [0.717, 1.165) is 43.5 Å². The Kier molecular flexibility index (Phi) is 3.19. The van der Waals surface area contributed by atoms with E-state index in [9.17, 15) is 13.2 Å². The van der Waals surface area contributed by atoms with Crippen molar-refractivity contribution in [3.8, 4) is 0 Å². The number of halogens is 3. The Bertz CT molecular complexity index is 336. The minimum atomic E-state index is -4.23. The molecular weight excluding hydrogens is 215 g/mol. The van der Waals surface area contributed by atoms with Gasteiger partial charge < -0.3 is 5.32 Å². The molecule has 0 bridgehead atoms. The summed E-state index contributed by atoms with van der Waals surface area (Å²) in [6.07, 6.45) is -1.14. The summed E-state index contributed by atoms with van der Waals surface area (Å²) in [4.78, 5) is 0. The fourth-order valence-electron chi connectivity index (χ4n) is 2.05. The molecule has 0 spiro atoms. The Morgan fingerprint density at radius 3 is 2.38 bits per heavy atom. The average molecular weight is 229 g/mol. The molecule has 1 fully saturated rings. The van der Waals surface area contributed by atoms with Crippen LogP contribution in [0.15, 0.2) is 24.3 Å². The molecule has 0 unspecified atom stereocenters. The third-order valence-electron chi connectivity index (χ3n) is 2.93. The van der Waals surface area contributed by atoms with Gasteiger partial charge in [0, 0.05) is 6.04 Å². The number of benzene rings is 1. The van der Waals surface area contributed by atoms with Crippen molar-refractivity contribution in [1.29, 1.82) is 0 Å². The molecule has 0 aliphatic carbocycles. The largest absolute Gasteiger partial charge is 0.416 e. The van der Waals surface area contributed by atoms with E-state index in [1.165, 1.54) is 0 Å². The van der Waals surface area contributed by atoms with Gasteiger partial charge in [0.1, 0.15) is 0 Å². The van der Waals surface area contributed by atoms with Gasteiger partial charge in [0.2, 0.25) is 0 Å². The lowest BCUT2D eigenvalue weighted by Gasteiger charge is -2.11. The number of rotatable bonds is 2. The standard InChI is InChI=1S/C12H14F3N/c13-12(14,15)10-5-3-9(4-6-10)8-11-2-1-7-16-11/h3-6,11,16H,1-2,7-8H2/t11-/m0/s1. The first-order chi connectivity index (χ1) is 7.55. The van der Waals surface area contributed by atoms with Crippen molar-refractivity contribution in [1.82, 2.24) is 5.32 Å². The van der Waals surface area contributed by atoms with Crippen molar-refractivity contribution in [2.24, 2.45) is 0 Å². The highest BCUT2D eigenvalue weighted by Gasteiger charge is 2.30. The van der Waals surface area contributed by atoms with Gasteiger partial charge >= 0.3 is 6.18 Å². The summed E-state index contributed by atoms with van der Waals surface area (Å²) >= 11 is 0. The molecule has 1 atom stereocenters. The molecule has 1 aliphatic heterocycles. The Hall–Kier alpha value is -1.03. The third-order valence-corrected chi connectivity index (χ3v) is 2.93. The van der Waals surface area contributed by atoms with E-state index in [-0.39, 0.29) is 0 Å². The molecule has 1 N–H and O–H groups in total. The molecule has 1 saturated heterocycles. The Balaban J connectivity index is 2.01. The van der Waals surface area contributed by atoms with Crippen LogP contribution in [-0.4, -0.2) is 12.6 Å². The monoisotopic (exact) mass is 229 g/mol. The first-order valence-electron chi connectivity index (χ1n) is 5.45. The molecular formula is C12H14F3N. The summed E-state index contributed by atoms with van der Waals surface area (Å²) in [6.45, 7) is 1.02. The van der Waals surface area contributed by atoms with Crippen LogP contribution >= 0.6 is 0 Å². The van der Waals surface area contributed by atoms with Gasteiger partial charge in [-0.2, -0.15) is 13.2 Å². The molecule has 1 aromatic rings. The highest BCUT2D eigenvalue weighted by Crippen LogP contribution is 2.29. The van der Waals surface area contributed by atoms with E-state index in [2.05, 4.69) is 5.32 Å². The zero-order chi connectivity index (χ0) is 11.6. The predicted molar refractivity (Wildman–Crippen MR) is 56.2 cm³/mol. The van der Waals surface area contributed by atoms with Crippen LogP contribution in [0, 0.1) is 0 Å². The lowest BCUT2D eigenvalue weighted by Crippen LogP contribution is -2.23. The second-order valence-electron chi connectivity index (χ2n) is 4.19. The smallest absolute Gasteiger partial charge is 0.314 e. The van der Waals surface area contributed by atoms with Gasteiger partial charge in [-0.25, -0.2) is 0 Å². The van der Waals surface area contributed by atoms with Gasteiger partial charge in [-0.3, -0.25) is 0 Å². The van der Waals surface area contributed by atoms with Crippen LogP contribution in [0.5, 0.6) is 0 Å². The molecule has 1 heterocycles. The normalized spacial score (nSPS) is 21.3. The van der Waals surface area contributed by atoms with Gasteiger partial charge in [0.25, 0.3) is 0 Å². The Labute approximate surface area is 92.7 Å². The summed E-state index contributed by atoms with van der Waals surface area (Å²) in [6, 6.07) is 5.89. The molecule has 1 aliphatic rings. The summed E-state index contributed by atoms with van der Waals surface area (Å²) in [5.74, 6) is 0. The first-order valence-corrected chi connectivity index (χ1v) is 5.45. The minimum absolute atomic E-state index is 0.428. The van der Waals surface area contributed by atoms with Crippen LogP contribution in [0.1, 0.15) is 24.0 Å². The van der Waals surface area contributed by atoms with E-state index in [0.29, 0.717) is 6.04 Å². The zero-order valence-corrected chi connectivity index (χ0v) is 8.85. The first kappa shape index (κ1) is 11.5. The zero-order valence-electron chi connectivity index (χ0n) is 8.85. The lowest BCUT2D eigenvalue weighted by atomic mass is 10.0. The highest BCUT2D eigenvalue weighted by molar-refractivity contribution is 5.25. The summed E-state index contributed by atoms with van der Waals surface area (Å²) in [7, 11) is 0. The predicted octanol–water partition coefficient (Wildman–Crippen LogP) is 3.00. The van der Waals surface area contributed by atoms with Crippen molar-refractivity contribution < 1.29 is 13.2 Å². The van der Waals surface area contributed by atoms with Gasteiger partial charge in [0.15, 0.2) is 0 Å². The van der Waals surface area contributed by atoms with Crippen LogP contribution in [0.4, 0.5) is 13.2 Å².